The molecule has 0 bridgehead atoms. The second kappa shape index (κ2) is 6.34. The molecule has 0 saturated carbocycles. The smallest absolute Gasteiger partial charge is 0.180 e. The SMILES string of the molecule is CC(CCN)Cc1cccc(S(=O)(=O)C(C)C)c1. The molecule has 0 aromatic heterocycles. The van der Waals surface area contributed by atoms with E-state index < -0.39 is 9.84 Å². The predicted molar refractivity (Wildman–Crippen MR) is 75.3 cm³/mol. The van der Waals surface area contributed by atoms with Crippen LogP contribution in [0.4, 0.5) is 0 Å². The molecule has 0 aliphatic carbocycles. The van der Waals surface area contributed by atoms with Crippen LogP contribution >= 0.6 is 0 Å². The molecule has 0 aliphatic heterocycles. The van der Waals surface area contributed by atoms with Crippen molar-refractivity contribution in [3.8, 4) is 0 Å². The number of hydrogen-bond acceptors (Lipinski definition) is 3. The van der Waals surface area contributed by atoms with Crippen LogP contribution in [0.3, 0.4) is 0 Å². The normalized spacial score (nSPS) is 13.8. The maximum absolute atomic E-state index is 12.1. The molecule has 0 heterocycles. The van der Waals surface area contributed by atoms with Gasteiger partial charge in [0.25, 0.3) is 0 Å². The number of nitrogens with two attached hydrogens (primary N) is 1. The highest BCUT2D eigenvalue weighted by atomic mass is 32.2. The quantitative estimate of drug-likeness (QED) is 0.862. The Bertz CT molecular complexity index is 480. The highest BCUT2D eigenvalue weighted by molar-refractivity contribution is 7.92. The summed E-state index contributed by atoms with van der Waals surface area (Å²) in [6.07, 6.45) is 1.83. The van der Waals surface area contributed by atoms with E-state index in [1.54, 1.807) is 26.0 Å². The van der Waals surface area contributed by atoms with Gasteiger partial charge in [-0.2, -0.15) is 0 Å². The van der Waals surface area contributed by atoms with Gasteiger partial charge in [-0.15, -0.1) is 0 Å². The largest absolute Gasteiger partial charge is 0.330 e. The summed E-state index contributed by atoms with van der Waals surface area (Å²) in [6, 6.07) is 7.26. The molecule has 2 N–H and O–H groups in total. The van der Waals surface area contributed by atoms with Crippen LogP contribution in [-0.2, 0) is 16.3 Å². The van der Waals surface area contributed by atoms with Crippen molar-refractivity contribution in [2.75, 3.05) is 6.54 Å². The van der Waals surface area contributed by atoms with E-state index in [-0.39, 0.29) is 5.25 Å². The lowest BCUT2D eigenvalue weighted by molar-refractivity contribution is 0.537. The fraction of sp³-hybridized carbons (Fsp3) is 0.571. The van der Waals surface area contributed by atoms with Gasteiger partial charge < -0.3 is 5.73 Å². The maximum Gasteiger partial charge on any atom is 0.180 e. The number of benzene rings is 1. The Hall–Kier alpha value is -0.870. The van der Waals surface area contributed by atoms with Gasteiger partial charge >= 0.3 is 0 Å². The molecule has 102 valence electrons. The molecule has 0 aliphatic rings. The van der Waals surface area contributed by atoms with Crippen LogP contribution < -0.4 is 5.73 Å². The Morgan fingerprint density at radius 3 is 2.44 bits per heavy atom. The van der Waals surface area contributed by atoms with Crippen molar-refractivity contribution in [3.63, 3.8) is 0 Å². The summed E-state index contributed by atoms with van der Waals surface area (Å²) in [4.78, 5) is 0.426. The average Bonchev–Trinajstić information content (AvgIpc) is 2.29. The van der Waals surface area contributed by atoms with E-state index >= 15 is 0 Å². The van der Waals surface area contributed by atoms with E-state index in [2.05, 4.69) is 6.92 Å². The topological polar surface area (TPSA) is 60.2 Å². The maximum atomic E-state index is 12.1. The first-order valence-electron chi connectivity index (χ1n) is 6.40. The van der Waals surface area contributed by atoms with E-state index in [1.165, 1.54) is 0 Å². The van der Waals surface area contributed by atoms with Crippen LogP contribution in [-0.4, -0.2) is 20.2 Å². The molecule has 0 radical (unpaired) electrons. The molecule has 1 atom stereocenters. The number of sulfone groups is 1. The minimum Gasteiger partial charge on any atom is -0.330 e. The van der Waals surface area contributed by atoms with Crippen molar-refractivity contribution < 1.29 is 8.42 Å². The Balaban J connectivity index is 2.93. The zero-order chi connectivity index (χ0) is 13.8. The molecule has 1 aromatic rings. The second-order valence-corrected chi connectivity index (χ2v) is 7.63. The van der Waals surface area contributed by atoms with Crippen LogP contribution in [0.15, 0.2) is 29.2 Å². The number of rotatable bonds is 6. The van der Waals surface area contributed by atoms with Crippen molar-refractivity contribution >= 4 is 9.84 Å². The lowest BCUT2D eigenvalue weighted by Gasteiger charge is -2.12. The molecule has 1 unspecified atom stereocenters. The first kappa shape index (κ1) is 15.2. The van der Waals surface area contributed by atoms with E-state index in [4.69, 9.17) is 5.73 Å². The van der Waals surface area contributed by atoms with Crippen molar-refractivity contribution in [2.45, 2.75) is 43.8 Å². The second-order valence-electron chi connectivity index (χ2n) is 5.13. The van der Waals surface area contributed by atoms with Crippen molar-refractivity contribution in [3.05, 3.63) is 29.8 Å². The van der Waals surface area contributed by atoms with Gasteiger partial charge in [0.2, 0.25) is 0 Å². The fourth-order valence-electron chi connectivity index (χ4n) is 1.91. The molecule has 1 rings (SSSR count). The summed E-state index contributed by atoms with van der Waals surface area (Å²) in [7, 11) is -3.17. The lowest BCUT2D eigenvalue weighted by atomic mass is 9.98. The van der Waals surface area contributed by atoms with Gasteiger partial charge in [0, 0.05) is 0 Å². The summed E-state index contributed by atoms with van der Waals surface area (Å²) in [5, 5.41) is -0.380. The Labute approximate surface area is 110 Å². The van der Waals surface area contributed by atoms with Crippen molar-refractivity contribution in [2.24, 2.45) is 11.7 Å². The third-order valence-corrected chi connectivity index (χ3v) is 5.24. The highest BCUT2D eigenvalue weighted by Gasteiger charge is 2.19. The third kappa shape index (κ3) is 3.82. The summed E-state index contributed by atoms with van der Waals surface area (Å²) in [5.41, 5.74) is 6.59. The monoisotopic (exact) mass is 269 g/mol. The van der Waals surface area contributed by atoms with Gasteiger partial charge in [0.15, 0.2) is 9.84 Å². The van der Waals surface area contributed by atoms with Crippen molar-refractivity contribution in [1.29, 1.82) is 0 Å². The molecule has 3 nitrogen and oxygen atoms in total. The highest BCUT2D eigenvalue weighted by Crippen LogP contribution is 2.19. The molecule has 0 spiro atoms. The fourth-order valence-corrected chi connectivity index (χ4v) is 3.04. The molecule has 0 fully saturated rings. The van der Waals surface area contributed by atoms with Crippen LogP contribution in [0.2, 0.25) is 0 Å². The summed E-state index contributed by atoms with van der Waals surface area (Å²) in [6.45, 7) is 6.22. The molecule has 4 heteroatoms. The van der Waals surface area contributed by atoms with Crippen LogP contribution in [0.5, 0.6) is 0 Å². The first-order chi connectivity index (χ1) is 8.37. The van der Waals surface area contributed by atoms with Crippen molar-refractivity contribution in [1.82, 2.24) is 0 Å². The van der Waals surface area contributed by atoms with E-state index in [9.17, 15) is 8.42 Å². The minimum absolute atomic E-state index is 0.380. The van der Waals surface area contributed by atoms with Gasteiger partial charge in [-0.1, -0.05) is 19.1 Å². The lowest BCUT2D eigenvalue weighted by Crippen LogP contribution is -2.14. The van der Waals surface area contributed by atoms with E-state index in [0.29, 0.717) is 17.4 Å². The average molecular weight is 269 g/mol. The van der Waals surface area contributed by atoms with E-state index in [1.807, 2.05) is 12.1 Å². The zero-order valence-corrected chi connectivity index (χ0v) is 12.2. The van der Waals surface area contributed by atoms with E-state index in [0.717, 1.165) is 18.4 Å². The summed E-state index contributed by atoms with van der Waals surface area (Å²) < 4.78 is 24.2. The summed E-state index contributed by atoms with van der Waals surface area (Å²) >= 11 is 0. The predicted octanol–water partition coefficient (Wildman–Crippen LogP) is 2.40. The van der Waals surface area contributed by atoms with Gasteiger partial charge in [-0.3, -0.25) is 0 Å². The van der Waals surface area contributed by atoms with Crippen LogP contribution in [0.1, 0.15) is 32.8 Å². The molecule has 0 saturated heterocycles. The Morgan fingerprint density at radius 1 is 1.22 bits per heavy atom. The molecular weight excluding hydrogens is 246 g/mol. The van der Waals surface area contributed by atoms with Crippen LogP contribution in [0, 0.1) is 5.92 Å². The van der Waals surface area contributed by atoms with Gasteiger partial charge in [-0.05, 0) is 56.8 Å². The Kier molecular flexibility index (Phi) is 5.35. The summed E-state index contributed by atoms with van der Waals surface area (Å²) in [5.74, 6) is 0.479. The standard InChI is InChI=1S/C14H23NO2S/c1-11(2)18(16,17)14-6-4-5-13(10-14)9-12(3)7-8-15/h4-6,10-12H,7-9,15H2,1-3H3. The van der Waals surface area contributed by atoms with Gasteiger partial charge in [0.05, 0.1) is 10.1 Å². The zero-order valence-electron chi connectivity index (χ0n) is 11.4. The molecule has 18 heavy (non-hydrogen) atoms. The molecule has 0 amide bonds. The number of hydrogen-bond donors (Lipinski definition) is 1. The Morgan fingerprint density at radius 2 is 1.89 bits per heavy atom. The minimum atomic E-state index is -3.17. The molecule has 1 aromatic carbocycles. The van der Waals surface area contributed by atoms with Crippen LogP contribution in [0.25, 0.3) is 0 Å². The van der Waals surface area contributed by atoms with Gasteiger partial charge in [0.1, 0.15) is 0 Å². The van der Waals surface area contributed by atoms with Gasteiger partial charge in [-0.25, -0.2) is 8.42 Å². The molecular formula is C14H23NO2S. The first-order valence-corrected chi connectivity index (χ1v) is 7.95. The third-order valence-electron chi connectivity index (χ3n) is 3.09.